The van der Waals surface area contributed by atoms with E-state index in [1.165, 1.54) is 0 Å². The van der Waals surface area contributed by atoms with Crippen LogP contribution in [-0.4, -0.2) is 15.0 Å². The quantitative estimate of drug-likeness (QED) is 0.784. The fraction of sp³-hybridized carbons (Fsp3) is 0.273. The molecule has 0 atom stereocenters. The van der Waals surface area contributed by atoms with Crippen LogP contribution >= 0.6 is 0 Å². The molecule has 0 saturated heterocycles. The molecule has 3 N–H and O–H groups in total. The highest BCUT2D eigenvalue weighted by Crippen LogP contribution is 2.23. The van der Waals surface area contributed by atoms with Crippen molar-refractivity contribution in [1.82, 2.24) is 15.0 Å². The lowest BCUT2D eigenvalue weighted by molar-refractivity contribution is 0.836. The van der Waals surface area contributed by atoms with E-state index in [0.717, 1.165) is 17.1 Å². The molecular formula is C11H14N4. The number of rotatable bonds is 2. The molecule has 0 bridgehead atoms. The van der Waals surface area contributed by atoms with Crippen molar-refractivity contribution in [1.29, 1.82) is 0 Å². The maximum Gasteiger partial charge on any atom is 0.145 e. The monoisotopic (exact) mass is 202 g/mol. The Bertz CT molecular complexity index is 445. The van der Waals surface area contributed by atoms with Crippen LogP contribution in [-0.2, 0) is 0 Å². The number of imidazole rings is 1. The van der Waals surface area contributed by atoms with Gasteiger partial charge in [-0.15, -0.1) is 0 Å². The van der Waals surface area contributed by atoms with Crippen molar-refractivity contribution in [2.24, 2.45) is 0 Å². The Morgan fingerprint density at radius 1 is 1.27 bits per heavy atom. The van der Waals surface area contributed by atoms with Crippen LogP contribution in [0.5, 0.6) is 0 Å². The zero-order valence-electron chi connectivity index (χ0n) is 8.86. The van der Waals surface area contributed by atoms with Crippen LogP contribution in [0.1, 0.15) is 25.5 Å². The van der Waals surface area contributed by atoms with Crippen LogP contribution in [0.3, 0.4) is 0 Å². The van der Waals surface area contributed by atoms with Gasteiger partial charge in [0.1, 0.15) is 11.6 Å². The van der Waals surface area contributed by atoms with E-state index in [4.69, 9.17) is 5.73 Å². The summed E-state index contributed by atoms with van der Waals surface area (Å²) in [5.41, 5.74) is 7.81. The molecule has 15 heavy (non-hydrogen) atoms. The number of aromatic amines is 1. The summed E-state index contributed by atoms with van der Waals surface area (Å²) in [4.78, 5) is 11.5. The molecule has 0 aliphatic carbocycles. The topological polar surface area (TPSA) is 67.6 Å². The third-order valence-electron chi connectivity index (χ3n) is 2.29. The Kier molecular flexibility index (Phi) is 2.41. The highest BCUT2D eigenvalue weighted by molar-refractivity contribution is 5.58. The van der Waals surface area contributed by atoms with Gasteiger partial charge in [-0.2, -0.15) is 0 Å². The van der Waals surface area contributed by atoms with Gasteiger partial charge in [0.2, 0.25) is 0 Å². The Labute approximate surface area is 88.6 Å². The first-order valence-electron chi connectivity index (χ1n) is 4.94. The summed E-state index contributed by atoms with van der Waals surface area (Å²) >= 11 is 0. The van der Waals surface area contributed by atoms with Crippen molar-refractivity contribution in [2.45, 2.75) is 19.8 Å². The van der Waals surface area contributed by atoms with Crippen LogP contribution in [0.2, 0.25) is 0 Å². The molecule has 0 aromatic carbocycles. The van der Waals surface area contributed by atoms with Crippen LogP contribution in [0.15, 0.2) is 24.5 Å². The second-order valence-corrected chi connectivity index (χ2v) is 3.77. The fourth-order valence-corrected chi connectivity index (χ4v) is 1.49. The zero-order chi connectivity index (χ0) is 10.8. The molecule has 0 spiro atoms. The number of hydrogen-bond donors (Lipinski definition) is 2. The molecule has 2 aromatic heterocycles. The smallest absolute Gasteiger partial charge is 0.145 e. The standard InChI is InChI=1S/C11H14N4/c1-7(2)9-10(12)15-11(14-9)8-3-5-13-6-4-8/h3-7H,12H2,1-2H3,(H,14,15). The number of nitrogens with two attached hydrogens (primary N) is 1. The van der Waals surface area contributed by atoms with E-state index in [1.807, 2.05) is 12.1 Å². The molecule has 0 radical (unpaired) electrons. The number of hydrogen-bond acceptors (Lipinski definition) is 3. The first-order chi connectivity index (χ1) is 7.18. The Hall–Kier alpha value is -1.84. The maximum atomic E-state index is 5.82. The second-order valence-electron chi connectivity index (χ2n) is 3.77. The molecule has 78 valence electrons. The molecule has 0 fully saturated rings. The molecule has 2 aromatic rings. The number of H-pyrrole nitrogens is 1. The van der Waals surface area contributed by atoms with Gasteiger partial charge in [-0.1, -0.05) is 13.8 Å². The van der Waals surface area contributed by atoms with E-state index >= 15 is 0 Å². The Morgan fingerprint density at radius 3 is 2.47 bits per heavy atom. The summed E-state index contributed by atoms with van der Waals surface area (Å²) in [6.45, 7) is 4.17. The number of pyridine rings is 1. The van der Waals surface area contributed by atoms with Crippen molar-refractivity contribution in [2.75, 3.05) is 5.73 Å². The molecular weight excluding hydrogens is 188 g/mol. The Balaban J connectivity index is 2.43. The van der Waals surface area contributed by atoms with Crippen molar-refractivity contribution in [3.8, 4) is 11.4 Å². The lowest BCUT2D eigenvalue weighted by Gasteiger charge is -2.00. The van der Waals surface area contributed by atoms with Crippen LogP contribution in [0.4, 0.5) is 5.82 Å². The molecule has 4 heteroatoms. The van der Waals surface area contributed by atoms with Crippen molar-refractivity contribution < 1.29 is 0 Å². The summed E-state index contributed by atoms with van der Waals surface area (Å²) < 4.78 is 0. The van der Waals surface area contributed by atoms with Crippen LogP contribution in [0, 0.1) is 0 Å². The molecule has 0 unspecified atom stereocenters. The predicted octanol–water partition coefficient (Wildman–Crippen LogP) is 2.18. The number of nitrogens with zero attached hydrogens (tertiary/aromatic N) is 2. The zero-order valence-corrected chi connectivity index (χ0v) is 8.86. The number of anilines is 1. The first kappa shape index (κ1) is 9.71. The summed E-state index contributed by atoms with van der Waals surface area (Å²) in [6.07, 6.45) is 3.48. The first-order valence-corrected chi connectivity index (χ1v) is 4.94. The van der Waals surface area contributed by atoms with Gasteiger partial charge >= 0.3 is 0 Å². The number of aromatic nitrogens is 3. The molecule has 2 heterocycles. The minimum Gasteiger partial charge on any atom is -0.382 e. The van der Waals surface area contributed by atoms with Gasteiger partial charge in [0.25, 0.3) is 0 Å². The van der Waals surface area contributed by atoms with E-state index < -0.39 is 0 Å². The van der Waals surface area contributed by atoms with Gasteiger partial charge in [0.05, 0.1) is 5.69 Å². The molecule has 0 aliphatic heterocycles. The lowest BCUT2D eigenvalue weighted by Crippen LogP contribution is -1.94. The van der Waals surface area contributed by atoms with E-state index in [0.29, 0.717) is 11.7 Å². The second kappa shape index (κ2) is 3.73. The normalized spacial score (nSPS) is 10.9. The Morgan fingerprint density at radius 2 is 1.93 bits per heavy atom. The van der Waals surface area contributed by atoms with Gasteiger partial charge in [0, 0.05) is 18.0 Å². The van der Waals surface area contributed by atoms with E-state index in [-0.39, 0.29) is 0 Å². The average Bonchev–Trinajstić information content (AvgIpc) is 2.62. The molecule has 4 nitrogen and oxygen atoms in total. The minimum absolute atomic E-state index is 0.355. The highest BCUT2D eigenvalue weighted by Gasteiger charge is 2.11. The molecule has 0 saturated carbocycles. The van der Waals surface area contributed by atoms with Gasteiger partial charge in [-0.3, -0.25) is 4.98 Å². The van der Waals surface area contributed by atoms with E-state index in [1.54, 1.807) is 12.4 Å². The van der Waals surface area contributed by atoms with E-state index in [2.05, 4.69) is 28.8 Å². The largest absolute Gasteiger partial charge is 0.382 e. The summed E-state index contributed by atoms with van der Waals surface area (Å²) in [7, 11) is 0. The van der Waals surface area contributed by atoms with Gasteiger partial charge in [0.15, 0.2) is 0 Å². The maximum absolute atomic E-state index is 5.82. The summed E-state index contributed by atoms with van der Waals surface area (Å²) in [5, 5.41) is 0. The molecule has 0 aliphatic rings. The van der Waals surface area contributed by atoms with Crippen molar-refractivity contribution in [3.05, 3.63) is 30.2 Å². The van der Waals surface area contributed by atoms with Gasteiger partial charge in [-0.05, 0) is 18.1 Å². The fourth-order valence-electron chi connectivity index (χ4n) is 1.49. The SMILES string of the molecule is CC(C)c1[nH]c(-c2ccncc2)nc1N. The average molecular weight is 202 g/mol. The van der Waals surface area contributed by atoms with Crippen LogP contribution in [0.25, 0.3) is 11.4 Å². The lowest BCUT2D eigenvalue weighted by atomic mass is 10.1. The molecule has 2 rings (SSSR count). The van der Waals surface area contributed by atoms with E-state index in [9.17, 15) is 0 Å². The van der Waals surface area contributed by atoms with Gasteiger partial charge < -0.3 is 10.7 Å². The summed E-state index contributed by atoms with van der Waals surface area (Å²) in [6, 6.07) is 3.81. The predicted molar refractivity (Wildman–Crippen MR) is 60.3 cm³/mol. The molecule has 0 amide bonds. The van der Waals surface area contributed by atoms with Crippen molar-refractivity contribution >= 4 is 5.82 Å². The highest BCUT2D eigenvalue weighted by atomic mass is 15.0. The van der Waals surface area contributed by atoms with Gasteiger partial charge in [-0.25, -0.2) is 4.98 Å². The number of nitrogens with one attached hydrogen (secondary N) is 1. The van der Waals surface area contributed by atoms with Crippen LogP contribution < -0.4 is 5.73 Å². The summed E-state index contributed by atoms with van der Waals surface area (Å²) in [5.74, 6) is 1.74. The third kappa shape index (κ3) is 1.83. The minimum atomic E-state index is 0.355. The number of nitrogen functional groups attached to an aromatic ring is 1. The third-order valence-corrected chi connectivity index (χ3v) is 2.29. The van der Waals surface area contributed by atoms with Crippen molar-refractivity contribution in [3.63, 3.8) is 0 Å².